The number of alkyl carbamates (subject to hydrolysis) is 1. The van der Waals surface area contributed by atoms with Crippen molar-refractivity contribution in [3.63, 3.8) is 0 Å². The smallest absolute Gasteiger partial charge is 0.408 e. The van der Waals surface area contributed by atoms with Crippen molar-refractivity contribution in [3.8, 4) is 0 Å². The average molecular weight is 251 g/mol. The van der Waals surface area contributed by atoms with Crippen molar-refractivity contribution < 1.29 is 13.9 Å². The lowest BCUT2D eigenvalue weighted by atomic mass is 10.1. The van der Waals surface area contributed by atoms with Crippen LogP contribution in [-0.4, -0.2) is 17.9 Å². The monoisotopic (exact) mass is 251 g/mol. The van der Waals surface area contributed by atoms with Crippen LogP contribution >= 0.6 is 0 Å². The largest absolute Gasteiger partial charge is 0.444 e. The van der Waals surface area contributed by atoms with Gasteiger partial charge in [-0.25, -0.2) is 9.18 Å². The van der Waals surface area contributed by atoms with E-state index in [-0.39, 0.29) is 0 Å². The van der Waals surface area contributed by atoms with Crippen LogP contribution in [0.2, 0.25) is 0 Å². The summed E-state index contributed by atoms with van der Waals surface area (Å²) in [5.41, 5.74) is 1.22. The van der Waals surface area contributed by atoms with Crippen molar-refractivity contribution >= 4 is 6.09 Å². The summed E-state index contributed by atoms with van der Waals surface area (Å²) in [6.07, 6.45) is -1.32. The average Bonchev–Trinajstić information content (AvgIpc) is 2.53. The Balaban J connectivity index is 2.08. The lowest BCUT2D eigenvalue weighted by molar-refractivity contribution is 0.0479. The number of alkyl halides is 1. The lowest BCUT2D eigenvalue weighted by Crippen LogP contribution is -2.37. The van der Waals surface area contributed by atoms with Crippen LogP contribution in [0.4, 0.5) is 9.18 Å². The zero-order valence-corrected chi connectivity index (χ0v) is 10.9. The van der Waals surface area contributed by atoms with E-state index in [2.05, 4.69) is 5.32 Å². The summed E-state index contributed by atoms with van der Waals surface area (Å²) in [6.45, 7) is 5.34. The van der Waals surface area contributed by atoms with Gasteiger partial charge in [-0.1, -0.05) is 24.3 Å². The van der Waals surface area contributed by atoms with Crippen molar-refractivity contribution in [2.24, 2.45) is 0 Å². The number of amides is 1. The molecule has 98 valence electrons. The molecule has 18 heavy (non-hydrogen) atoms. The van der Waals surface area contributed by atoms with Gasteiger partial charge in [0.05, 0.1) is 6.04 Å². The van der Waals surface area contributed by atoms with Gasteiger partial charge < -0.3 is 10.1 Å². The molecule has 0 fully saturated rings. The third kappa shape index (κ3) is 2.81. The summed E-state index contributed by atoms with van der Waals surface area (Å²) >= 11 is 0. The Labute approximate surface area is 106 Å². The molecule has 1 aliphatic carbocycles. The molecule has 2 atom stereocenters. The topological polar surface area (TPSA) is 38.3 Å². The van der Waals surface area contributed by atoms with E-state index in [1.165, 1.54) is 0 Å². The zero-order valence-electron chi connectivity index (χ0n) is 10.9. The molecule has 0 aliphatic heterocycles. The maximum Gasteiger partial charge on any atom is 0.408 e. The van der Waals surface area contributed by atoms with E-state index in [4.69, 9.17) is 4.74 Å². The maximum absolute atomic E-state index is 13.9. The molecule has 1 aromatic carbocycles. The Morgan fingerprint density at radius 1 is 1.39 bits per heavy atom. The predicted molar refractivity (Wildman–Crippen MR) is 67.2 cm³/mol. The standard InChI is InChI=1S/C14H18FNO2/c1-14(2,3)18-13(17)16-12-10-7-5-4-6-9(10)8-11(12)15/h4-7,11-12H,8H2,1-3H3,(H,16,17)/t11-,12+/m1/s1. The second kappa shape index (κ2) is 4.59. The van der Waals surface area contributed by atoms with Gasteiger partial charge in [0, 0.05) is 6.42 Å². The van der Waals surface area contributed by atoms with Gasteiger partial charge in [0.25, 0.3) is 0 Å². The number of ether oxygens (including phenoxy) is 1. The Morgan fingerprint density at radius 2 is 2.06 bits per heavy atom. The minimum absolute atomic E-state index is 0.344. The van der Waals surface area contributed by atoms with Gasteiger partial charge in [0.1, 0.15) is 11.8 Å². The summed E-state index contributed by atoms with van der Waals surface area (Å²) < 4.78 is 19.0. The fourth-order valence-electron chi connectivity index (χ4n) is 2.15. The molecule has 4 heteroatoms. The third-order valence-corrected chi connectivity index (χ3v) is 2.84. The number of benzene rings is 1. The number of hydrogen-bond donors (Lipinski definition) is 1. The highest BCUT2D eigenvalue weighted by Gasteiger charge is 2.34. The molecule has 1 amide bonds. The van der Waals surface area contributed by atoms with Crippen molar-refractivity contribution in [1.82, 2.24) is 5.32 Å². The minimum Gasteiger partial charge on any atom is -0.444 e. The summed E-state index contributed by atoms with van der Waals surface area (Å²) in [5, 5.41) is 2.61. The molecular formula is C14H18FNO2. The number of hydrogen-bond acceptors (Lipinski definition) is 2. The Morgan fingerprint density at radius 3 is 2.72 bits per heavy atom. The molecule has 0 spiro atoms. The van der Waals surface area contributed by atoms with E-state index in [0.29, 0.717) is 6.42 Å². The first kappa shape index (κ1) is 12.9. The zero-order chi connectivity index (χ0) is 13.3. The number of carbonyl (C=O) groups excluding carboxylic acids is 1. The van der Waals surface area contributed by atoms with Crippen LogP contribution < -0.4 is 5.32 Å². The van der Waals surface area contributed by atoms with Crippen molar-refractivity contribution in [3.05, 3.63) is 35.4 Å². The first-order chi connectivity index (χ1) is 8.37. The van der Waals surface area contributed by atoms with E-state index in [1.807, 2.05) is 24.3 Å². The predicted octanol–water partition coefficient (Wildman–Crippen LogP) is 3.15. The molecule has 3 nitrogen and oxygen atoms in total. The normalized spacial score (nSPS) is 22.4. The summed E-state index contributed by atoms with van der Waals surface area (Å²) in [4.78, 5) is 11.7. The molecule has 1 aromatic rings. The van der Waals surface area contributed by atoms with E-state index >= 15 is 0 Å². The van der Waals surface area contributed by atoms with Crippen LogP contribution in [0, 0.1) is 0 Å². The van der Waals surface area contributed by atoms with Crippen LogP contribution in [0.5, 0.6) is 0 Å². The lowest BCUT2D eigenvalue weighted by Gasteiger charge is -2.23. The van der Waals surface area contributed by atoms with Gasteiger partial charge in [-0.2, -0.15) is 0 Å². The second-order valence-electron chi connectivity index (χ2n) is 5.54. The number of rotatable bonds is 1. The molecule has 1 aliphatic rings. The minimum atomic E-state index is -1.09. The molecule has 0 radical (unpaired) electrons. The molecule has 0 unspecified atom stereocenters. The van der Waals surface area contributed by atoms with Crippen LogP contribution in [0.15, 0.2) is 24.3 Å². The molecule has 0 aromatic heterocycles. The fraction of sp³-hybridized carbons (Fsp3) is 0.500. The number of fused-ring (bicyclic) bond motifs is 1. The third-order valence-electron chi connectivity index (χ3n) is 2.84. The highest BCUT2D eigenvalue weighted by molar-refractivity contribution is 5.69. The molecule has 0 saturated carbocycles. The highest BCUT2D eigenvalue weighted by Crippen LogP contribution is 2.33. The summed E-state index contributed by atoms with van der Waals surface area (Å²) in [7, 11) is 0. The van der Waals surface area contributed by atoms with Gasteiger partial charge in [0.2, 0.25) is 0 Å². The number of carbonyl (C=O) groups is 1. The Kier molecular flexibility index (Phi) is 3.28. The van der Waals surface area contributed by atoms with E-state index < -0.39 is 23.9 Å². The van der Waals surface area contributed by atoms with E-state index in [0.717, 1.165) is 11.1 Å². The Bertz CT molecular complexity index is 453. The molecule has 0 saturated heterocycles. The first-order valence-corrected chi connectivity index (χ1v) is 6.08. The molecule has 1 N–H and O–H groups in total. The molecule has 0 bridgehead atoms. The second-order valence-corrected chi connectivity index (χ2v) is 5.54. The van der Waals surface area contributed by atoms with Crippen LogP contribution in [0.1, 0.15) is 37.9 Å². The maximum atomic E-state index is 13.9. The summed E-state index contributed by atoms with van der Waals surface area (Å²) in [5.74, 6) is 0. The van der Waals surface area contributed by atoms with Gasteiger partial charge >= 0.3 is 6.09 Å². The van der Waals surface area contributed by atoms with Crippen molar-refractivity contribution in [2.75, 3.05) is 0 Å². The first-order valence-electron chi connectivity index (χ1n) is 6.08. The van der Waals surface area contributed by atoms with Gasteiger partial charge in [-0.3, -0.25) is 0 Å². The van der Waals surface area contributed by atoms with Gasteiger partial charge in [0.15, 0.2) is 0 Å². The fourth-order valence-corrected chi connectivity index (χ4v) is 2.15. The Hall–Kier alpha value is -1.58. The van der Waals surface area contributed by atoms with Gasteiger partial charge in [-0.15, -0.1) is 0 Å². The van der Waals surface area contributed by atoms with E-state index in [1.54, 1.807) is 20.8 Å². The van der Waals surface area contributed by atoms with Crippen LogP contribution in [-0.2, 0) is 11.2 Å². The number of nitrogens with one attached hydrogen (secondary N) is 1. The quantitative estimate of drug-likeness (QED) is 0.832. The van der Waals surface area contributed by atoms with Crippen LogP contribution in [0.25, 0.3) is 0 Å². The molecular weight excluding hydrogens is 233 g/mol. The SMILES string of the molecule is CC(C)(C)OC(=O)N[C@H]1c2ccccc2C[C@H]1F. The van der Waals surface area contributed by atoms with Crippen molar-refractivity contribution in [2.45, 2.75) is 45.0 Å². The molecule has 0 heterocycles. The summed E-state index contributed by atoms with van der Waals surface area (Å²) in [6, 6.07) is 6.86. The number of halogens is 1. The van der Waals surface area contributed by atoms with E-state index in [9.17, 15) is 9.18 Å². The molecule has 2 rings (SSSR count). The van der Waals surface area contributed by atoms with Crippen LogP contribution in [0.3, 0.4) is 0 Å². The highest BCUT2D eigenvalue weighted by atomic mass is 19.1. The van der Waals surface area contributed by atoms with Crippen molar-refractivity contribution in [1.29, 1.82) is 0 Å². The van der Waals surface area contributed by atoms with Gasteiger partial charge in [-0.05, 0) is 31.9 Å².